The zero-order valence-corrected chi connectivity index (χ0v) is 6.23. The van der Waals surface area contributed by atoms with E-state index in [1.807, 2.05) is 0 Å². The first-order valence-electron chi connectivity index (χ1n) is 3.85. The highest BCUT2D eigenvalue weighted by Crippen LogP contribution is 2.26. The number of fused-ring (bicyclic) bond motifs is 1. The van der Waals surface area contributed by atoms with Crippen LogP contribution in [0.4, 0.5) is 0 Å². The van der Waals surface area contributed by atoms with Crippen LogP contribution in [0.15, 0.2) is 0 Å². The first-order valence-corrected chi connectivity index (χ1v) is 3.85. The van der Waals surface area contributed by atoms with E-state index in [2.05, 4.69) is 0 Å². The van der Waals surface area contributed by atoms with Crippen LogP contribution in [-0.4, -0.2) is 37.0 Å². The highest BCUT2D eigenvalue weighted by molar-refractivity contribution is 4.85. The Bertz CT molecular complexity index is 124. The quantitative estimate of drug-likeness (QED) is 0.535. The smallest absolute Gasteiger partial charge is 0.150 e. The van der Waals surface area contributed by atoms with Gasteiger partial charge in [-0.25, -0.2) is 0 Å². The van der Waals surface area contributed by atoms with Crippen LogP contribution in [-0.2, 0) is 14.2 Å². The van der Waals surface area contributed by atoms with Crippen molar-refractivity contribution in [2.24, 2.45) is 0 Å². The van der Waals surface area contributed by atoms with Crippen molar-refractivity contribution in [1.29, 1.82) is 0 Å². The SMILES string of the molecule is OC1C[C@@H]2OCOCO[C@@H]2C1. The molecule has 1 aliphatic carbocycles. The molecule has 0 aromatic rings. The summed E-state index contributed by atoms with van der Waals surface area (Å²) in [6.45, 7) is 0.571. The van der Waals surface area contributed by atoms with Crippen molar-refractivity contribution in [2.75, 3.05) is 13.6 Å². The number of hydrogen-bond acceptors (Lipinski definition) is 4. The first-order chi connectivity index (χ1) is 5.36. The highest BCUT2D eigenvalue weighted by Gasteiger charge is 2.36. The summed E-state index contributed by atoms with van der Waals surface area (Å²) in [5.41, 5.74) is 0. The Kier molecular flexibility index (Phi) is 2.09. The van der Waals surface area contributed by atoms with Crippen molar-refractivity contribution in [3.05, 3.63) is 0 Å². The molecule has 1 unspecified atom stereocenters. The summed E-state index contributed by atoms with van der Waals surface area (Å²) in [6, 6.07) is 0. The van der Waals surface area contributed by atoms with Gasteiger partial charge in [0.2, 0.25) is 0 Å². The number of ether oxygens (including phenoxy) is 3. The van der Waals surface area contributed by atoms with E-state index in [0.29, 0.717) is 12.8 Å². The molecule has 2 rings (SSSR count). The van der Waals surface area contributed by atoms with Crippen LogP contribution < -0.4 is 0 Å². The largest absolute Gasteiger partial charge is 0.393 e. The van der Waals surface area contributed by atoms with Gasteiger partial charge in [-0.15, -0.1) is 0 Å². The average molecular weight is 160 g/mol. The maximum absolute atomic E-state index is 9.25. The Morgan fingerprint density at radius 1 is 1.00 bits per heavy atom. The molecule has 0 aromatic heterocycles. The number of rotatable bonds is 0. The van der Waals surface area contributed by atoms with Gasteiger partial charge in [0.1, 0.15) is 13.6 Å². The topological polar surface area (TPSA) is 47.9 Å². The average Bonchev–Trinajstić information content (AvgIpc) is 2.17. The zero-order valence-electron chi connectivity index (χ0n) is 6.23. The van der Waals surface area contributed by atoms with Crippen LogP contribution in [0.2, 0.25) is 0 Å². The van der Waals surface area contributed by atoms with Crippen LogP contribution in [0.3, 0.4) is 0 Å². The lowest BCUT2D eigenvalue weighted by Crippen LogP contribution is -2.23. The lowest BCUT2D eigenvalue weighted by Gasteiger charge is -2.13. The summed E-state index contributed by atoms with van der Waals surface area (Å²) in [6.07, 6.45) is 1.16. The van der Waals surface area contributed by atoms with Gasteiger partial charge in [0.15, 0.2) is 0 Å². The molecule has 4 nitrogen and oxygen atoms in total. The molecule has 1 N–H and O–H groups in total. The second kappa shape index (κ2) is 3.06. The molecular weight excluding hydrogens is 148 g/mol. The Morgan fingerprint density at radius 3 is 2.09 bits per heavy atom. The van der Waals surface area contributed by atoms with Gasteiger partial charge in [0.25, 0.3) is 0 Å². The lowest BCUT2D eigenvalue weighted by molar-refractivity contribution is -0.0960. The van der Waals surface area contributed by atoms with Crippen molar-refractivity contribution >= 4 is 0 Å². The third kappa shape index (κ3) is 1.54. The van der Waals surface area contributed by atoms with Crippen molar-refractivity contribution in [3.63, 3.8) is 0 Å². The van der Waals surface area contributed by atoms with E-state index in [1.165, 1.54) is 0 Å². The van der Waals surface area contributed by atoms with Crippen molar-refractivity contribution in [2.45, 2.75) is 31.2 Å². The normalized spacial score (nSPS) is 45.0. The van der Waals surface area contributed by atoms with Gasteiger partial charge in [-0.05, 0) is 0 Å². The summed E-state index contributed by atoms with van der Waals surface area (Å²) in [7, 11) is 0. The Morgan fingerprint density at radius 2 is 1.55 bits per heavy atom. The summed E-state index contributed by atoms with van der Waals surface area (Å²) in [5.74, 6) is 0. The van der Waals surface area contributed by atoms with Gasteiger partial charge in [0, 0.05) is 12.8 Å². The fraction of sp³-hybridized carbons (Fsp3) is 1.00. The fourth-order valence-corrected chi connectivity index (χ4v) is 1.59. The second-order valence-electron chi connectivity index (χ2n) is 2.98. The van der Waals surface area contributed by atoms with Crippen molar-refractivity contribution in [1.82, 2.24) is 0 Å². The second-order valence-corrected chi connectivity index (χ2v) is 2.98. The third-order valence-electron chi connectivity index (χ3n) is 2.15. The molecular formula is C7H12O4. The molecule has 2 aliphatic rings. The lowest BCUT2D eigenvalue weighted by atomic mass is 10.3. The van der Waals surface area contributed by atoms with E-state index < -0.39 is 0 Å². The Labute approximate surface area is 65.1 Å². The molecule has 0 radical (unpaired) electrons. The predicted molar refractivity (Wildman–Crippen MR) is 35.8 cm³/mol. The fourth-order valence-electron chi connectivity index (χ4n) is 1.59. The molecule has 1 saturated heterocycles. The van der Waals surface area contributed by atoms with Crippen LogP contribution in [0, 0.1) is 0 Å². The minimum atomic E-state index is -0.261. The van der Waals surface area contributed by atoms with E-state index in [9.17, 15) is 5.11 Å². The summed E-state index contributed by atoms with van der Waals surface area (Å²) in [4.78, 5) is 0. The van der Waals surface area contributed by atoms with Crippen molar-refractivity contribution in [3.8, 4) is 0 Å². The molecule has 1 heterocycles. The van der Waals surface area contributed by atoms with Gasteiger partial charge >= 0.3 is 0 Å². The molecule has 0 amide bonds. The van der Waals surface area contributed by atoms with Crippen LogP contribution in [0.1, 0.15) is 12.8 Å². The molecule has 0 bridgehead atoms. The number of hydrogen-bond donors (Lipinski definition) is 1. The molecule has 0 aromatic carbocycles. The monoisotopic (exact) mass is 160 g/mol. The van der Waals surface area contributed by atoms with Crippen LogP contribution >= 0.6 is 0 Å². The Hall–Kier alpha value is -0.160. The van der Waals surface area contributed by atoms with Gasteiger partial charge in [0.05, 0.1) is 18.3 Å². The van der Waals surface area contributed by atoms with E-state index >= 15 is 0 Å². The van der Waals surface area contributed by atoms with E-state index in [1.54, 1.807) is 0 Å². The summed E-state index contributed by atoms with van der Waals surface area (Å²) >= 11 is 0. The van der Waals surface area contributed by atoms with Gasteiger partial charge in [-0.1, -0.05) is 0 Å². The molecule has 64 valence electrons. The zero-order chi connectivity index (χ0) is 7.68. The summed E-state index contributed by atoms with van der Waals surface area (Å²) in [5, 5.41) is 9.25. The molecule has 11 heavy (non-hydrogen) atoms. The van der Waals surface area contributed by atoms with E-state index in [-0.39, 0.29) is 31.9 Å². The highest BCUT2D eigenvalue weighted by atomic mass is 16.8. The molecule has 3 atom stereocenters. The van der Waals surface area contributed by atoms with E-state index in [4.69, 9.17) is 14.2 Å². The van der Waals surface area contributed by atoms with Gasteiger partial charge in [-0.2, -0.15) is 0 Å². The predicted octanol–water partition coefficient (Wildman–Crippen LogP) is -0.143. The van der Waals surface area contributed by atoms with Gasteiger partial charge < -0.3 is 19.3 Å². The molecule has 1 aliphatic heterocycles. The number of aliphatic hydroxyl groups excluding tert-OH is 1. The summed E-state index contributed by atoms with van der Waals surface area (Å²) < 4.78 is 15.5. The maximum atomic E-state index is 9.25. The number of aliphatic hydroxyl groups is 1. The Balaban J connectivity index is 1.96. The minimum absolute atomic E-state index is 0.0347. The minimum Gasteiger partial charge on any atom is -0.393 e. The molecule has 1 saturated carbocycles. The van der Waals surface area contributed by atoms with E-state index in [0.717, 1.165) is 0 Å². The maximum Gasteiger partial charge on any atom is 0.150 e. The molecule has 0 spiro atoms. The third-order valence-corrected chi connectivity index (χ3v) is 2.15. The van der Waals surface area contributed by atoms with Crippen LogP contribution in [0.5, 0.6) is 0 Å². The van der Waals surface area contributed by atoms with Crippen LogP contribution in [0.25, 0.3) is 0 Å². The van der Waals surface area contributed by atoms with Crippen molar-refractivity contribution < 1.29 is 19.3 Å². The van der Waals surface area contributed by atoms with Gasteiger partial charge in [-0.3, -0.25) is 0 Å². The first kappa shape index (κ1) is 7.49. The molecule has 2 fully saturated rings. The standard InChI is InChI=1S/C7H12O4/c8-5-1-6-7(2-5)11-4-9-3-10-6/h5-8H,1-4H2/t5?,6-,7+. The molecule has 4 heteroatoms.